The van der Waals surface area contributed by atoms with E-state index >= 15 is 0 Å². The van der Waals surface area contributed by atoms with Gasteiger partial charge in [-0.25, -0.2) is 0 Å². The lowest BCUT2D eigenvalue weighted by atomic mass is 9.89. The van der Waals surface area contributed by atoms with Gasteiger partial charge in [-0.15, -0.1) is 0 Å². The summed E-state index contributed by atoms with van der Waals surface area (Å²) >= 11 is 0. The maximum Gasteiger partial charge on any atom is 0.240 e. The number of carbonyl (C=O) groups is 1. The van der Waals surface area contributed by atoms with Crippen molar-refractivity contribution in [3.05, 3.63) is 54.4 Å². The van der Waals surface area contributed by atoms with E-state index in [1.807, 2.05) is 36.4 Å². The van der Waals surface area contributed by atoms with Crippen LogP contribution in [0.25, 0.3) is 11.1 Å². The molecular weight excluding hydrogens is 266 g/mol. The molecule has 0 aliphatic rings. The van der Waals surface area contributed by atoms with Crippen LogP contribution < -0.4 is 11.5 Å². The van der Waals surface area contributed by atoms with Gasteiger partial charge in [0, 0.05) is 19.5 Å². The van der Waals surface area contributed by atoms with Crippen molar-refractivity contribution in [1.82, 2.24) is 4.98 Å². The maximum atomic E-state index is 11.5. The molecule has 0 bridgehead atoms. The van der Waals surface area contributed by atoms with E-state index in [4.69, 9.17) is 16.2 Å². The van der Waals surface area contributed by atoms with Gasteiger partial charge in [0.2, 0.25) is 5.91 Å². The van der Waals surface area contributed by atoms with E-state index in [0.717, 1.165) is 16.7 Å². The Labute approximate surface area is 123 Å². The van der Waals surface area contributed by atoms with Gasteiger partial charge in [-0.1, -0.05) is 30.3 Å². The minimum atomic E-state index is -1.27. The highest BCUT2D eigenvalue weighted by molar-refractivity contribution is 5.85. The van der Waals surface area contributed by atoms with Crippen molar-refractivity contribution in [1.29, 1.82) is 0 Å². The van der Waals surface area contributed by atoms with Crippen LogP contribution in [0.3, 0.4) is 0 Å². The van der Waals surface area contributed by atoms with E-state index in [1.54, 1.807) is 19.3 Å². The Bertz CT molecular complexity index is 609. The number of pyridine rings is 1. The second-order valence-corrected chi connectivity index (χ2v) is 5.13. The zero-order chi connectivity index (χ0) is 15.5. The number of hydrogen-bond donors (Lipinski definition) is 2. The predicted molar refractivity (Wildman–Crippen MR) is 81.2 cm³/mol. The molecule has 2 rings (SSSR count). The molecule has 2 atom stereocenters. The third-order valence-electron chi connectivity index (χ3n) is 3.52. The first-order valence-corrected chi connectivity index (χ1v) is 6.58. The Morgan fingerprint density at radius 2 is 1.90 bits per heavy atom. The fourth-order valence-electron chi connectivity index (χ4n) is 2.24. The highest BCUT2D eigenvalue weighted by atomic mass is 16.5. The number of nitrogens with two attached hydrogens (primary N) is 2. The number of carbonyl (C=O) groups excluding carboxylic acids is 1. The molecule has 1 amide bonds. The molecule has 0 spiro atoms. The Morgan fingerprint density at radius 1 is 1.24 bits per heavy atom. The van der Waals surface area contributed by atoms with Crippen molar-refractivity contribution in [3.8, 4) is 11.1 Å². The van der Waals surface area contributed by atoms with Gasteiger partial charge in [-0.05, 0) is 29.7 Å². The molecule has 0 saturated heterocycles. The van der Waals surface area contributed by atoms with E-state index < -0.39 is 17.6 Å². The molecule has 5 heteroatoms. The van der Waals surface area contributed by atoms with Crippen LogP contribution in [0.2, 0.25) is 0 Å². The summed E-state index contributed by atoms with van der Waals surface area (Å²) in [5.41, 5.74) is 12.9. The number of aromatic nitrogens is 1. The number of primary amides is 1. The zero-order valence-electron chi connectivity index (χ0n) is 12.1. The lowest BCUT2D eigenvalue weighted by molar-refractivity contribution is -0.127. The molecule has 2 aromatic rings. The number of nitrogens with zero attached hydrogens (tertiary/aromatic N) is 1. The summed E-state index contributed by atoms with van der Waals surface area (Å²) in [6.45, 7) is 1.57. The first-order chi connectivity index (χ1) is 9.96. The molecule has 1 aromatic heterocycles. The second-order valence-electron chi connectivity index (χ2n) is 5.13. The molecule has 0 radical (unpaired) electrons. The van der Waals surface area contributed by atoms with Gasteiger partial charge in [0.15, 0.2) is 0 Å². The predicted octanol–water partition coefficient (Wildman–Crippen LogP) is 1.64. The van der Waals surface area contributed by atoms with E-state index in [-0.39, 0.29) is 0 Å². The van der Waals surface area contributed by atoms with Crippen molar-refractivity contribution in [2.75, 3.05) is 7.11 Å². The second kappa shape index (κ2) is 6.03. The van der Waals surface area contributed by atoms with Crippen LogP contribution in [0.4, 0.5) is 0 Å². The van der Waals surface area contributed by atoms with Gasteiger partial charge in [0.1, 0.15) is 11.6 Å². The molecular formula is C16H19N3O2. The summed E-state index contributed by atoms with van der Waals surface area (Å²) in [4.78, 5) is 15.6. The first kappa shape index (κ1) is 15.2. The normalized spacial score (nSPS) is 15.2. The largest absolute Gasteiger partial charge is 0.374 e. The average Bonchev–Trinajstić information content (AvgIpc) is 2.49. The average molecular weight is 285 g/mol. The molecule has 5 nitrogen and oxygen atoms in total. The Balaban J connectivity index is 2.32. The first-order valence-electron chi connectivity index (χ1n) is 6.58. The number of amides is 1. The molecule has 0 aliphatic carbocycles. The summed E-state index contributed by atoms with van der Waals surface area (Å²) in [7, 11) is 1.51. The summed E-state index contributed by atoms with van der Waals surface area (Å²) in [5.74, 6) is -0.606. The smallest absolute Gasteiger partial charge is 0.240 e. The number of hydrogen-bond acceptors (Lipinski definition) is 4. The fourth-order valence-corrected chi connectivity index (χ4v) is 2.24. The van der Waals surface area contributed by atoms with Crippen LogP contribution in [0.5, 0.6) is 0 Å². The van der Waals surface area contributed by atoms with Crippen molar-refractivity contribution in [3.63, 3.8) is 0 Å². The van der Waals surface area contributed by atoms with E-state index in [1.165, 1.54) is 7.11 Å². The zero-order valence-corrected chi connectivity index (χ0v) is 12.1. The standard InChI is InChI=1S/C16H19N3O2/c1-16(18,15(17)20)14(21-2)12-7-5-11(6-8-12)13-4-3-9-19-10-13/h3-10,14H,18H2,1-2H3,(H2,17,20). The maximum absolute atomic E-state index is 11.5. The highest BCUT2D eigenvalue weighted by Gasteiger charge is 2.37. The van der Waals surface area contributed by atoms with E-state index in [0.29, 0.717) is 0 Å². The van der Waals surface area contributed by atoms with Crippen LogP contribution in [-0.4, -0.2) is 23.5 Å². The molecule has 2 unspecified atom stereocenters. The van der Waals surface area contributed by atoms with Gasteiger partial charge < -0.3 is 16.2 Å². The van der Waals surface area contributed by atoms with Crippen LogP contribution in [0.1, 0.15) is 18.6 Å². The molecule has 0 saturated carbocycles. The van der Waals surface area contributed by atoms with E-state index in [2.05, 4.69) is 4.98 Å². The number of methoxy groups -OCH3 is 1. The monoisotopic (exact) mass is 285 g/mol. The van der Waals surface area contributed by atoms with Gasteiger partial charge in [-0.3, -0.25) is 9.78 Å². The lowest BCUT2D eigenvalue weighted by Crippen LogP contribution is -2.54. The molecule has 1 heterocycles. The van der Waals surface area contributed by atoms with Gasteiger partial charge in [-0.2, -0.15) is 0 Å². The van der Waals surface area contributed by atoms with Crippen LogP contribution >= 0.6 is 0 Å². The van der Waals surface area contributed by atoms with Gasteiger partial charge in [0.25, 0.3) is 0 Å². The van der Waals surface area contributed by atoms with Gasteiger partial charge >= 0.3 is 0 Å². The van der Waals surface area contributed by atoms with Crippen LogP contribution in [0, 0.1) is 0 Å². The number of ether oxygens (including phenoxy) is 1. The van der Waals surface area contributed by atoms with Crippen molar-refractivity contribution >= 4 is 5.91 Å². The fraction of sp³-hybridized carbons (Fsp3) is 0.250. The van der Waals surface area contributed by atoms with Gasteiger partial charge in [0.05, 0.1) is 0 Å². The quantitative estimate of drug-likeness (QED) is 0.873. The number of rotatable bonds is 5. The Hall–Kier alpha value is -2.24. The van der Waals surface area contributed by atoms with Crippen molar-refractivity contribution in [2.45, 2.75) is 18.6 Å². The highest BCUT2D eigenvalue weighted by Crippen LogP contribution is 2.29. The molecule has 21 heavy (non-hydrogen) atoms. The Morgan fingerprint density at radius 3 is 2.38 bits per heavy atom. The summed E-state index contributed by atoms with van der Waals surface area (Å²) in [6, 6.07) is 11.5. The minimum Gasteiger partial charge on any atom is -0.374 e. The summed E-state index contributed by atoms with van der Waals surface area (Å²) in [6.07, 6.45) is 2.92. The SMILES string of the molecule is COC(c1ccc(-c2cccnc2)cc1)C(C)(N)C(N)=O. The third kappa shape index (κ3) is 3.09. The molecule has 0 fully saturated rings. The summed E-state index contributed by atoms with van der Waals surface area (Å²) < 4.78 is 5.37. The van der Waals surface area contributed by atoms with E-state index in [9.17, 15) is 4.79 Å². The lowest BCUT2D eigenvalue weighted by Gasteiger charge is -2.30. The number of benzene rings is 1. The van der Waals surface area contributed by atoms with Crippen LogP contribution in [0.15, 0.2) is 48.8 Å². The summed E-state index contributed by atoms with van der Waals surface area (Å²) in [5, 5.41) is 0. The molecule has 1 aromatic carbocycles. The van der Waals surface area contributed by atoms with Crippen molar-refractivity contribution in [2.24, 2.45) is 11.5 Å². The third-order valence-corrected chi connectivity index (χ3v) is 3.52. The Kier molecular flexibility index (Phi) is 4.35. The minimum absolute atomic E-state index is 0.599. The van der Waals surface area contributed by atoms with Crippen LogP contribution in [-0.2, 0) is 9.53 Å². The molecule has 0 aliphatic heterocycles. The topological polar surface area (TPSA) is 91.2 Å². The molecule has 110 valence electrons. The van der Waals surface area contributed by atoms with Crippen molar-refractivity contribution < 1.29 is 9.53 Å². The molecule has 4 N–H and O–H groups in total.